The number of aliphatic hydroxyl groups is 1. The van der Waals surface area contributed by atoms with Gasteiger partial charge in [-0.2, -0.15) is 5.10 Å². The van der Waals surface area contributed by atoms with E-state index in [4.69, 9.17) is 26.2 Å². The quantitative estimate of drug-likeness (QED) is 0.177. The molecule has 2 N–H and O–H groups in total. The number of halogens is 1. The number of benzene rings is 2. The van der Waals surface area contributed by atoms with Crippen molar-refractivity contribution < 1.29 is 14.6 Å². The summed E-state index contributed by atoms with van der Waals surface area (Å²) in [4.78, 5) is 11.1. The van der Waals surface area contributed by atoms with Crippen LogP contribution in [0.25, 0.3) is 52.6 Å². The van der Waals surface area contributed by atoms with E-state index in [1.165, 1.54) is 0 Å². The fourth-order valence-corrected chi connectivity index (χ4v) is 8.64. The molecule has 0 amide bonds. The summed E-state index contributed by atoms with van der Waals surface area (Å²) >= 11 is 9.33. The molecule has 0 bridgehead atoms. The lowest BCUT2D eigenvalue weighted by molar-refractivity contribution is 0.126. The van der Waals surface area contributed by atoms with Gasteiger partial charge in [0.1, 0.15) is 33.9 Å². The number of imidazole rings is 2. The summed E-state index contributed by atoms with van der Waals surface area (Å²) < 4.78 is 16.8. The third kappa shape index (κ3) is 6.17. The first-order valence-corrected chi connectivity index (χ1v) is 17.9. The van der Waals surface area contributed by atoms with E-state index >= 15 is 0 Å². The van der Waals surface area contributed by atoms with Crippen molar-refractivity contribution in [3.05, 3.63) is 90.3 Å². The van der Waals surface area contributed by atoms with Gasteiger partial charge in [-0.25, -0.2) is 19.0 Å². The van der Waals surface area contributed by atoms with Crippen LogP contribution in [0.5, 0.6) is 11.5 Å². The Hall–Kier alpha value is -4.75. The van der Waals surface area contributed by atoms with Crippen molar-refractivity contribution in [3.8, 4) is 32.6 Å². The van der Waals surface area contributed by atoms with Gasteiger partial charge < -0.3 is 19.9 Å². The SMILES string of the molecule is COc1cccc2cc(-c3cnc4ccc(Cl)nn34)sc12.COc1cccc2cc(-c3cnc4ccc(NC5CCC(O)CC5)nn34)sc12. The van der Waals surface area contributed by atoms with Crippen molar-refractivity contribution in [1.82, 2.24) is 29.2 Å². The molecule has 0 atom stereocenters. The van der Waals surface area contributed by atoms with Gasteiger partial charge in [-0.1, -0.05) is 35.9 Å². The molecule has 9 rings (SSSR count). The van der Waals surface area contributed by atoms with E-state index in [1.807, 2.05) is 59.4 Å². The highest BCUT2D eigenvalue weighted by molar-refractivity contribution is 7.23. The lowest BCUT2D eigenvalue weighted by Gasteiger charge is -2.26. The minimum absolute atomic E-state index is 0.154. The maximum atomic E-state index is 9.70. The third-order valence-corrected chi connectivity index (χ3v) is 11.3. The number of fused-ring (bicyclic) bond motifs is 4. The van der Waals surface area contributed by atoms with Crippen LogP contribution < -0.4 is 14.8 Å². The average molecular weight is 710 g/mol. The lowest BCUT2D eigenvalue weighted by atomic mass is 9.93. The largest absolute Gasteiger partial charge is 0.495 e. The van der Waals surface area contributed by atoms with E-state index < -0.39 is 0 Å². The van der Waals surface area contributed by atoms with Gasteiger partial charge >= 0.3 is 0 Å². The summed E-state index contributed by atoms with van der Waals surface area (Å²) in [7, 11) is 3.38. The standard InChI is InChI=1S/C21H22N4O2S.C15H10ClN3OS/c1-27-17-4-2-3-13-11-18(28-21(13)17)16-12-22-20-10-9-19(24-25(16)20)23-14-5-7-15(26)8-6-14;1-20-11-4-2-3-9-7-12(21-15(9)11)10-8-17-14-6-5-13(16)18-19(10)14/h2-4,9-12,14-15,26H,5-8H2,1H3,(H,23,24);2-8H,1H3. The molecule has 10 nitrogen and oxygen atoms in total. The molecule has 0 aliphatic heterocycles. The zero-order valence-electron chi connectivity index (χ0n) is 26.7. The number of hydrogen-bond acceptors (Lipinski definition) is 10. The Morgan fingerprint density at radius 1 is 0.735 bits per heavy atom. The van der Waals surface area contributed by atoms with E-state index in [2.05, 4.69) is 44.6 Å². The van der Waals surface area contributed by atoms with Crippen molar-refractivity contribution in [3.63, 3.8) is 0 Å². The summed E-state index contributed by atoms with van der Waals surface area (Å²) in [5.74, 6) is 2.60. The van der Waals surface area contributed by atoms with Gasteiger partial charge in [0.25, 0.3) is 0 Å². The fourth-order valence-electron chi connectivity index (χ4n) is 6.21. The van der Waals surface area contributed by atoms with Gasteiger partial charge in [0, 0.05) is 6.04 Å². The van der Waals surface area contributed by atoms with Crippen LogP contribution in [0, 0.1) is 0 Å². The number of rotatable bonds is 6. The highest BCUT2D eigenvalue weighted by Gasteiger charge is 2.20. The highest BCUT2D eigenvalue weighted by Crippen LogP contribution is 2.40. The minimum atomic E-state index is -0.154. The Bertz CT molecular complexity index is 2430. The van der Waals surface area contributed by atoms with E-state index in [9.17, 15) is 5.11 Å². The number of nitrogens with zero attached hydrogens (tertiary/aromatic N) is 6. The summed E-state index contributed by atoms with van der Waals surface area (Å²) in [6, 6.07) is 24.3. The maximum absolute atomic E-state index is 9.70. The molecule has 0 spiro atoms. The van der Waals surface area contributed by atoms with Crippen molar-refractivity contribution in [2.75, 3.05) is 19.5 Å². The molecule has 1 fully saturated rings. The van der Waals surface area contributed by atoms with Crippen LogP contribution in [-0.2, 0) is 0 Å². The fraction of sp³-hybridized carbons (Fsp3) is 0.222. The third-order valence-electron chi connectivity index (χ3n) is 8.70. The molecule has 0 unspecified atom stereocenters. The van der Waals surface area contributed by atoms with Crippen LogP contribution >= 0.6 is 34.3 Å². The Kier molecular flexibility index (Phi) is 8.54. The van der Waals surface area contributed by atoms with Gasteiger partial charge in [-0.3, -0.25) is 0 Å². The number of nitrogens with one attached hydrogen (secondary N) is 1. The smallest absolute Gasteiger partial charge is 0.154 e. The van der Waals surface area contributed by atoms with Crippen molar-refractivity contribution in [1.29, 1.82) is 0 Å². The van der Waals surface area contributed by atoms with Crippen molar-refractivity contribution >= 4 is 71.6 Å². The molecule has 1 aliphatic rings. The molecule has 49 heavy (non-hydrogen) atoms. The zero-order valence-corrected chi connectivity index (χ0v) is 29.1. The topological polar surface area (TPSA) is 111 Å². The number of thiophene rings is 2. The van der Waals surface area contributed by atoms with Crippen molar-refractivity contribution in [2.45, 2.75) is 37.8 Å². The molecule has 1 aliphatic carbocycles. The molecule has 13 heteroatoms. The first-order valence-electron chi connectivity index (χ1n) is 15.9. The molecule has 0 radical (unpaired) electrons. The molecule has 248 valence electrons. The normalized spacial score (nSPS) is 16.2. The summed E-state index contributed by atoms with van der Waals surface area (Å²) in [5.41, 5.74) is 3.50. The van der Waals surface area contributed by atoms with Gasteiger partial charge in [0.05, 0.1) is 51.9 Å². The second-order valence-corrected chi connectivity index (χ2v) is 14.3. The Morgan fingerprint density at radius 3 is 1.86 bits per heavy atom. The summed E-state index contributed by atoms with van der Waals surface area (Å²) in [6.45, 7) is 0. The first kappa shape index (κ1) is 31.5. The van der Waals surface area contributed by atoms with Crippen LogP contribution in [0.3, 0.4) is 0 Å². The Labute approximate surface area is 294 Å². The monoisotopic (exact) mass is 709 g/mol. The predicted molar refractivity (Wildman–Crippen MR) is 198 cm³/mol. The molecular weight excluding hydrogens is 678 g/mol. The number of hydrogen-bond donors (Lipinski definition) is 2. The molecule has 1 saturated carbocycles. The van der Waals surface area contributed by atoms with Gasteiger partial charge in [0.2, 0.25) is 0 Å². The van der Waals surface area contributed by atoms with Crippen molar-refractivity contribution in [2.24, 2.45) is 0 Å². The zero-order chi connectivity index (χ0) is 33.5. The number of anilines is 1. The van der Waals surface area contributed by atoms with E-state index in [1.54, 1.807) is 47.5 Å². The highest BCUT2D eigenvalue weighted by atomic mass is 35.5. The molecular formula is C36H32ClN7O3S2. The van der Waals surface area contributed by atoms with Gasteiger partial charge in [0.15, 0.2) is 11.3 Å². The van der Waals surface area contributed by atoms with Crippen LogP contribution in [0.1, 0.15) is 25.7 Å². The van der Waals surface area contributed by atoms with Crippen LogP contribution in [0.4, 0.5) is 5.82 Å². The number of aliphatic hydroxyl groups excluding tert-OH is 1. The van der Waals surface area contributed by atoms with Gasteiger partial charge in [-0.15, -0.1) is 27.8 Å². The lowest BCUT2D eigenvalue weighted by Crippen LogP contribution is -2.28. The minimum Gasteiger partial charge on any atom is -0.495 e. The average Bonchev–Trinajstić information content (AvgIpc) is 3.93. The second-order valence-electron chi connectivity index (χ2n) is 11.8. The molecule has 6 aromatic heterocycles. The molecule has 8 aromatic rings. The number of aromatic nitrogens is 6. The van der Waals surface area contributed by atoms with E-state index in [0.29, 0.717) is 11.2 Å². The first-order chi connectivity index (χ1) is 24.0. The Morgan fingerprint density at radius 2 is 1.29 bits per heavy atom. The molecule has 0 saturated heterocycles. The van der Waals surface area contributed by atoms with Crippen LogP contribution in [0.2, 0.25) is 5.15 Å². The molecule has 6 heterocycles. The second kappa shape index (κ2) is 13.3. The van der Waals surface area contributed by atoms with E-state index in [0.717, 1.165) is 95.6 Å². The van der Waals surface area contributed by atoms with Crippen LogP contribution in [0.15, 0.2) is 85.2 Å². The predicted octanol–water partition coefficient (Wildman–Crippen LogP) is 8.61. The number of methoxy groups -OCH3 is 2. The summed E-state index contributed by atoms with van der Waals surface area (Å²) in [6.07, 6.45) is 7.16. The summed E-state index contributed by atoms with van der Waals surface area (Å²) in [5, 5.41) is 25.1. The number of ether oxygens (including phenoxy) is 2. The Balaban J connectivity index is 0.000000148. The van der Waals surface area contributed by atoms with Crippen LogP contribution in [-0.4, -0.2) is 60.7 Å². The van der Waals surface area contributed by atoms with Gasteiger partial charge in [-0.05, 0) is 85.0 Å². The maximum Gasteiger partial charge on any atom is 0.154 e. The molecule has 2 aromatic carbocycles. The van der Waals surface area contributed by atoms with E-state index in [-0.39, 0.29) is 6.10 Å².